The largest absolute Gasteiger partial charge is 0.507 e. The van der Waals surface area contributed by atoms with Crippen molar-refractivity contribution in [3.05, 3.63) is 65.7 Å². The summed E-state index contributed by atoms with van der Waals surface area (Å²) in [5, 5.41) is 22.1. The molecule has 1 atom stereocenters. The number of nitrogens with one attached hydrogen (secondary N) is 1. The molecule has 1 unspecified atom stereocenters. The van der Waals surface area contributed by atoms with Gasteiger partial charge in [0.05, 0.1) is 11.7 Å². The molecule has 104 valence electrons. The molecule has 3 N–H and O–H groups in total. The summed E-state index contributed by atoms with van der Waals surface area (Å²) >= 11 is 0. The van der Waals surface area contributed by atoms with E-state index in [1.54, 1.807) is 12.1 Å². The zero-order valence-electron chi connectivity index (χ0n) is 11.0. The van der Waals surface area contributed by atoms with Crippen LogP contribution in [0.15, 0.2) is 54.6 Å². The first-order valence-electron chi connectivity index (χ1n) is 6.45. The Hall–Kier alpha value is -2.33. The highest BCUT2D eigenvalue weighted by atomic mass is 16.3. The lowest BCUT2D eigenvalue weighted by atomic mass is 10.1. The number of aliphatic hydroxyl groups excluding tert-OH is 1. The molecule has 0 bridgehead atoms. The minimum Gasteiger partial charge on any atom is -0.507 e. The van der Waals surface area contributed by atoms with Crippen LogP contribution in [0.4, 0.5) is 0 Å². The molecular weight excluding hydrogens is 254 g/mol. The SMILES string of the molecule is O=C(NCC(O)Cc1ccccc1)c1ccccc1O. The van der Waals surface area contributed by atoms with Crippen molar-refractivity contribution in [3.63, 3.8) is 0 Å². The van der Waals surface area contributed by atoms with E-state index in [4.69, 9.17) is 0 Å². The van der Waals surface area contributed by atoms with Gasteiger partial charge >= 0.3 is 0 Å². The Bertz CT molecular complexity index is 569. The first-order valence-corrected chi connectivity index (χ1v) is 6.45. The average Bonchev–Trinajstić information content (AvgIpc) is 2.46. The Morgan fingerprint density at radius 1 is 1.05 bits per heavy atom. The zero-order valence-corrected chi connectivity index (χ0v) is 11.0. The Balaban J connectivity index is 1.86. The van der Waals surface area contributed by atoms with Gasteiger partial charge in [0.15, 0.2) is 0 Å². The van der Waals surface area contributed by atoms with E-state index in [1.165, 1.54) is 12.1 Å². The second kappa shape index (κ2) is 6.73. The molecule has 1 amide bonds. The lowest BCUT2D eigenvalue weighted by molar-refractivity contribution is 0.0913. The van der Waals surface area contributed by atoms with Crippen molar-refractivity contribution in [2.75, 3.05) is 6.54 Å². The average molecular weight is 271 g/mol. The number of para-hydroxylation sites is 1. The summed E-state index contributed by atoms with van der Waals surface area (Å²) in [6.07, 6.45) is -0.186. The monoisotopic (exact) mass is 271 g/mol. The number of phenolic OH excluding ortho intramolecular Hbond substituents is 1. The van der Waals surface area contributed by atoms with E-state index >= 15 is 0 Å². The molecule has 0 aliphatic heterocycles. The summed E-state index contributed by atoms with van der Waals surface area (Å²) in [5.74, 6) is -0.460. The van der Waals surface area contributed by atoms with Gasteiger partial charge < -0.3 is 15.5 Å². The van der Waals surface area contributed by atoms with Gasteiger partial charge in [-0.2, -0.15) is 0 Å². The molecule has 2 aromatic carbocycles. The third kappa shape index (κ3) is 3.83. The molecule has 0 radical (unpaired) electrons. The van der Waals surface area contributed by atoms with E-state index in [0.29, 0.717) is 6.42 Å². The number of carbonyl (C=O) groups excluding carboxylic acids is 1. The number of hydrogen-bond donors (Lipinski definition) is 3. The van der Waals surface area contributed by atoms with Crippen molar-refractivity contribution in [3.8, 4) is 5.75 Å². The molecule has 2 rings (SSSR count). The Labute approximate surface area is 117 Å². The predicted octanol–water partition coefficient (Wildman–Crippen LogP) is 1.73. The number of phenols is 1. The summed E-state index contributed by atoms with van der Waals surface area (Å²) in [7, 11) is 0. The smallest absolute Gasteiger partial charge is 0.255 e. The quantitative estimate of drug-likeness (QED) is 0.775. The molecule has 0 saturated heterocycles. The lowest BCUT2D eigenvalue weighted by Gasteiger charge is -2.12. The number of hydrogen-bond acceptors (Lipinski definition) is 3. The maximum Gasteiger partial charge on any atom is 0.255 e. The minimum absolute atomic E-state index is 0.0671. The number of rotatable bonds is 5. The van der Waals surface area contributed by atoms with Crippen LogP contribution in [-0.2, 0) is 6.42 Å². The highest BCUT2D eigenvalue weighted by Crippen LogP contribution is 2.15. The van der Waals surface area contributed by atoms with Crippen LogP contribution in [0.5, 0.6) is 5.75 Å². The third-order valence-corrected chi connectivity index (χ3v) is 2.96. The highest BCUT2D eigenvalue weighted by Gasteiger charge is 2.12. The molecule has 2 aromatic rings. The van der Waals surface area contributed by atoms with Crippen molar-refractivity contribution in [2.45, 2.75) is 12.5 Å². The Kier molecular flexibility index (Phi) is 4.74. The summed E-state index contributed by atoms with van der Waals surface area (Å²) in [6.45, 7) is 0.141. The lowest BCUT2D eigenvalue weighted by Crippen LogP contribution is -2.33. The molecule has 0 aliphatic rings. The van der Waals surface area contributed by atoms with Crippen LogP contribution in [-0.4, -0.2) is 28.8 Å². The van der Waals surface area contributed by atoms with Crippen molar-refractivity contribution in [1.82, 2.24) is 5.32 Å². The second-order valence-corrected chi connectivity index (χ2v) is 4.57. The van der Waals surface area contributed by atoms with Gasteiger partial charge in [0.2, 0.25) is 0 Å². The van der Waals surface area contributed by atoms with Gasteiger partial charge in [0, 0.05) is 13.0 Å². The maximum absolute atomic E-state index is 11.8. The summed E-state index contributed by atoms with van der Waals surface area (Å²) < 4.78 is 0. The highest BCUT2D eigenvalue weighted by molar-refractivity contribution is 5.96. The van der Waals surface area contributed by atoms with E-state index < -0.39 is 12.0 Å². The molecule has 0 saturated carbocycles. The summed E-state index contributed by atoms with van der Waals surface area (Å²) in [4.78, 5) is 11.8. The van der Waals surface area contributed by atoms with Crippen LogP contribution < -0.4 is 5.32 Å². The Morgan fingerprint density at radius 3 is 2.40 bits per heavy atom. The first-order chi connectivity index (χ1) is 9.66. The van der Waals surface area contributed by atoms with Gasteiger partial charge in [-0.1, -0.05) is 42.5 Å². The van der Waals surface area contributed by atoms with Crippen LogP contribution in [0.1, 0.15) is 15.9 Å². The maximum atomic E-state index is 11.8. The fraction of sp³-hybridized carbons (Fsp3) is 0.188. The normalized spacial score (nSPS) is 11.8. The number of benzene rings is 2. The predicted molar refractivity (Wildman–Crippen MR) is 76.6 cm³/mol. The van der Waals surface area contributed by atoms with E-state index in [1.807, 2.05) is 30.3 Å². The van der Waals surface area contributed by atoms with E-state index in [0.717, 1.165) is 5.56 Å². The van der Waals surface area contributed by atoms with Crippen molar-refractivity contribution in [2.24, 2.45) is 0 Å². The van der Waals surface area contributed by atoms with Gasteiger partial charge in [-0.15, -0.1) is 0 Å². The fourth-order valence-corrected chi connectivity index (χ4v) is 1.93. The van der Waals surface area contributed by atoms with Gasteiger partial charge in [-0.05, 0) is 17.7 Å². The topological polar surface area (TPSA) is 69.6 Å². The van der Waals surface area contributed by atoms with Gasteiger partial charge in [0.25, 0.3) is 5.91 Å². The molecule has 20 heavy (non-hydrogen) atoms. The fourth-order valence-electron chi connectivity index (χ4n) is 1.93. The second-order valence-electron chi connectivity index (χ2n) is 4.57. The number of amides is 1. The van der Waals surface area contributed by atoms with Crippen LogP contribution >= 0.6 is 0 Å². The van der Waals surface area contributed by atoms with Crippen LogP contribution in [0.2, 0.25) is 0 Å². The molecule has 0 heterocycles. The van der Waals surface area contributed by atoms with Crippen LogP contribution in [0, 0.1) is 0 Å². The number of aliphatic hydroxyl groups is 1. The van der Waals surface area contributed by atoms with Gasteiger partial charge in [0.1, 0.15) is 5.75 Å². The van der Waals surface area contributed by atoms with E-state index in [-0.39, 0.29) is 17.9 Å². The third-order valence-electron chi connectivity index (χ3n) is 2.96. The van der Waals surface area contributed by atoms with E-state index in [2.05, 4.69) is 5.32 Å². The van der Waals surface area contributed by atoms with E-state index in [9.17, 15) is 15.0 Å². The van der Waals surface area contributed by atoms with Gasteiger partial charge in [-0.3, -0.25) is 4.79 Å². The zero-order chi connectivity index (χ0) is 14.4. The number of carbonyl (C=O) groups is 1. The minimum atomic E-state index is -0.660. The Morgan fingerprint density at radius 2 is 1.70 bits per heavy atom. The van der Waals surface area contributed by atoms with Crippen LogP contribution in [0.25, 0.3) is 0 Å². The molecular formula is C16H17NO3. The molecule has 0 aliphatic carbocycles. The molecule has 0 spiro atoms. The standard InChI is InChI=1S/C16H17NO3/c18-13(10-12-6-2-1-3-7-12)11-17-16(20)14-8-4-5-9-15(14)19/h1-9,13,18-19H,10-11H2,(H,17,20). The molecule has 4 nitrogen and oxygen atoms in total. The van der Waals surface area contributed by atoms with Crippen molar-refractivity contribution in [1.29, 1.82) is 0 Å². The first kappa shape index (κ1) is 14.1. The summed E-state index contributed by atoms with van der Waals surface area (Å²) in [6, 6.07) is 15.9. The molecule has 0 fully saturated rings. The molecule has 4 heteroatoms. The number of aromatic hydroxyl groups is 1. The van der Waals surface area contributed by atoms with Crippen molar-refractivity contribution < 1.29 is 15.0 Å². The van der Waals surface area contributed by atoms with Crippen LogP contribution in [0.3, 0.4) is 0 Å². The molecule has 0 aromatic heterocycles. The van der Waals surface area contributed by atoms with Crippen molar-refractivity contribution >= 4 is 5.91 Å². The van der Waals surface area contributed by atoms with Gasteiger partial charge in [-0.25, -0.2) is 0 Å². The summed E-state index contributed by atoms with van der Waals surface area (Å²) in [5.41, 5.74) is 1.22.